The van der Waals surface area contributed by atoms with Gasteiger partial charge in [0.15, 0.2) is 0 Å². The minimum Gasteiger partial charge on any atom is -0.337 e. The fraction of sp³-hybridized carbons (Fsp3) is 0.211. The summed E-state index contributed by atoms with van der Waals surface area (Å²) in [5.74, 6) is -1.28. The van der Waals surface area contributed by atoms with Gasteiger partial charge in [0.25, 0.3) is 5.79 Å². The predicted octanol–water partition coefficient (Wildman–Crippen LogP) is 3.65. The van der Waals surface area contributed by atoms with Crippen molar-refractivity contribution in [1.29, 1.82) is 0 Å². The Kier molecular flexibility index (Phi) is 3.60. The summed E-state index contributed by atoms with van der Waals surface area (Å²) in [6.07, 6.45) is 2.04. The van der Waals surface area contributed by atoms with E-state index in [-0.39, 0.29) is 5.78 Å². The molecule has 0 N–H and O–H groups in total. The third-order valence-electron chi connectivity index (χ3n) is 4.24. The Balaban J connectivity index is 1.88. The molecule has 1 aliphatic heterocycles. The number of hydrogen-bond donors (Lipinski definition) is 0. The molecule has 0 atom stereocenters. The molecule has 4 rings (SSSR count). The van der Waals surface area contributed by atoms with Gasteiger partial charge in [-0.2, -0.15) is 0 Å². The molecule has 0 radical (unpaired) electrons. The lowest BCUT2D eigenvalue weighted by molar-refractivity contribution is -0.158. The SMILES string of the molecule is CSc1ccc(C2=C(c3ccccc3)C(=O)C23OCCO3)cc1. The Morgan fingerprint density at radius 3 is 2.17 bits per heavy atom. The van der Waals surface area contributed by atoms with Crippen LogP contribution in [-0.2, 0) is 14.3 Å². The Hall–Kier alpha value is -1.88. The van der Waals surface area contributed by atoms with Crippen molar-refractivity contribution in [3.8, 4) is 0 Å². The van der Waals surface area contributed by atoms with Crippen LogP contribution in [0.5, 0.6) is 0 Å². The van der Waals surface area contributed by atoms with Crippen LogP contribution in [0.25, 0.3) is 11.1 Å². The zero-order valence-electron chi connectivity index (χ0n) is 12.7. The molecule has 1 heterocycles. The van der Waals surface area contributed by atoms with Gasteiger partial charge in [0.05, 0.1) is 13.2 Å². The van der Waals surface area contributed by atoms with Crippen LogP contribution < -0.4 is 0 Å². The van der Waals surface area contributed by atoms with E-state index in [4.69, 9.17) is 9.47 Å². The number of ether oxygens (including phenoxy) is 2. The predicted molar refractivity (Wildman–Crippen MR) is 91.1 cm³/mol. The summed E-state index contributed by atoms with van der Waals surface area (Å²) in [4.78, 5) is 14.0. The Morgan fingerprint density at radius 2 is 1.57 bits per heavy atom. The summed E-state index contributed by atoms with van der Waals surface area (Å²) in [6.45, 7) is 0.889. The number of benzene rings is 2. The van der Waals surface area contributed by atoms with Crippen molar-refractivity contribution in [3.63, 3.8) is 0 Å². The normalized spacial score (nSPS) is 19.3. The van der Waals surface area contributed by atoms with E-state index >= 15 is 0 Å². The van der Waals surface area contributed by atoms with E-state index in [1.54, 1.807) is 11.8 Å². The monoisotopic (exact) mass is 324 g/mol. The molecule has 2 aromatic carbocycles. The Morgan fingerprint density at radius 1 is 0.913 bits per heavy atom. The van der Waals surface area contributed by atoms with Crippen LogP contribution in [0.3, 0.4) is 0 Å². The highest BCUT2D eigenvalue weighted by molar-refractivity contribution is 7.98. The first-order valence-electron chi connectivity index (χ1n) is 7.53. The lowest BCUT2D eigenvalue weighted by Gasteiger charge is -2.39. The number of rotatable bonds is 3. The van der Waals surface area contributed by atoms with Crippen LogP contribution in [0.2, 0.25) is 0 Å². The summed E-state index contributed by atoms with van der Waals surface area (Å²) in [6, 6.07) is 17.9. The van der Waals surface area contributed by atoms with Crippen molar-refractivity contribution >= 4 is 28.7 Å². The molecule has 4 heteroatoms. The quantitative estimate of drug-likeness (QED) is 0.808. The molecular weight excluding hydrogens is 308 g/mol. The maximum absolute atomic E-state index is 12.8. The number of Topliss-reactive ketones (excluding diaryl/α,β-unsaturated/α-hetero) is 1. The first-order chi connectivity index (χ1) is 11.3. The number of carbonyl (C=O) groups excluding carboxylic acids is 1. The third-order valence-corrected chi connectivity index (χ3v) is 4.98. The Bertz CT molecular complexity index is 772. The zero-order chi connectivity index (χ0) is 15.9. The van der Waals surface area contributed by atoms with E-state index in [9.17, 15) is 4.79 Å². The lowest BCUT2D eigenvalue weighted by Crippen LogP contribution is -2.50. The molecule has 1 fully saturated rings. The molecule has 1 aliphatic carbocycles. The zero-order valence-corrected chi connectivity index (χ0v) is 13.6. The number of carbonyl (C=O) groups is 1. The molecule has 1 saturated heterocycles. The van der Waals surface area contributed by atoms with Crippen LogP contribution in [0.15, 0.2) is 59.5 Å². The summed E-state index contributed by atoms with van der Waals surface area (Å²) < 4.78 is 11.5. The maximum atomic E-state index is 12.8. The van der Waals surface area contributed by atoms with E-state index in [0.29, 0.717) is 18.8 Å². The van der Waals surface area contributed by atoms with Crippen molar-refractivity contribution in [1.82, 2.24) is 0 Å². The molecule has 2 aliphatic rings. The second-order valence-electron chi connectivity index (χ2n) is 5.49. The second-order valence-corrected chi connectivity index (χ2v) is 6.37. The van der Waals surface area contributed by atoms with E-state index in [1.807, 2.05) is 48.7 Å². The summed E-state index contributed by atoms with van der Waals surface area (Å²) in [5, 5.41) is 0. The van der Waals surface area contributed by atoms with Gasteiger partial charge in [0.1, 0.15) is 0 Å². The topological polar surface area (TPSA) is 35.5 Å². The molecule has 0 aromatic heterocycles. The smallest absolute Gasteiger partial charge is 0.262 e. The van der Waals surface area contributed by atoms with Gasteiger partial charge in [0.2, 0.25) is 5.78 Å². The maximum Gasteiger partial charge on any atom is 0.262 e. The second kappa shape index (κ2) is 5.64. The number of hydrogen-bond acceptors (Lipinski definition) is 4. The van der Waals surface area contributed by atoms with Crippen LogP contribution in [-0.4, -0.2) is 31.0 Å². The van der Waals surface area contributed by atoms with Gasteiger partial charge in [-0.05, 0) is 29.5 Å². The van der Waals surface area contributed by atoms with Gasteiger partial charge < -0.3 is 9.47 Å². The largest absolute Gasteiger partial charge is 0.337 e. The van der Waals surface area contributed by atoms with Crippen molar-refractivity contribution in [2.75, 3.05) is 19.5 Å². The fourth-order valence-corrected chi connectivity index (χ4v) is 3.56. The number of thioether (sulfide) groups is 1. The first kappa shape index (κ1) is 14.7. The van der Waals surface area contributed by atoms with Gasteiger partial charge in [-0.15, -0.1) is 11.8 Å². The fourth-order valence-electron chi connectivity index (χ4n) is 3.15. The van der Waals surface area contributed by atoms with Crippen LogP contribution in [0.1, 0.15) is 11.1 Å². The highest BCUT2D eigenvalue weighted by atomic mass is 32.2. The highest BCUT2D eigenvalue weighted by Gasteiger charge is 2.59. The van der Waals surface area contributed by atoms with Crippen molar-refractivity contribution in [2.24, 2.45) is 0 Å². The van der Waals surface area contributed by atoms with E-state index < -0.39 is 5.79 Å². The highest BCUT2D eigenvalue weighted by Crippen LogP contribution is 2.51. The number of ketones is 1. The van der Waals surface area contributed by atoms with Crippen LogP contribution in [0, 0.1) is 0 Å². The van der Waals surface area contributed by atoms with E-state index in [1.165, 1.54) is 4.90 Å². The molecule has 2 aromatic rings. The van der Waals surface area contributed by atoms with Gasteiger partial charge in [-0.25, -0.2) is 0 Å². The van der Waals surface area contributed by atoms with Gasteiger partial charge in [-0.1, -0.05) is 42.5 Å². The molecule has 23 heavy (non-hydrogen) atoms. The molecule has 3 nitrogen and oxygen atoms in total. The van der Waals surface area contributed by atoms with Gasteiger partial charge >= 0.3 is 0 Å². The van der Waals surface area contributed by atoms with Crippen molar-refractivity contribution in [2.45, 2.75) is 10.7 Å². The summed E-state index contributed by atoms with van der Waals surface area (Å²) >= 11 is 1.69. The lowest BCUT2D eigenvalue weighted by atomic mass is 9.73. The molecule has 0 amide bonds. The van der Waals surface area contributed by atoms with Gasteiger partial charge in [-0.3, -0.25) is 4.79 Å². The summed E-state index contributed by atoms with van der Waals surface area (Å²) in [5.41, 5.74) is 3.43. The van der Waals surface area contributed by atoms with E-state index in [2.05, 4.69) is 12.1 Å². The molecule has 0 unspecified atom stereocenters. The first-order valence-corrected chi connectivity index (χ1v) is 8.76. The van der Waals surface area contributed by atoms with Gasteiger partial charge in [0, 0.05) is 16.0 Å². The molecule has 0 saturated carbocycles. The van der Waals surface area contributed by atoms with Crippen molar-refractivity contribution in [3.05, 3.63) is 65.7 Å². The third kappa shape index (κ3) is 2.17. The minimum absolute atomic E-state index is 0.0786. The molecular formula is C19H16O3S. The van der Waals surface area contributed by atoms with E-state index in [0.717, 1.165) is 16.7 Å². The summed E-state index contributed by atoms with van der Waals surface area (Å²) in [7, 11) is 0. The minimum atomic E-state index is -1.20. The van der Waals surface area contributed by atoms with Crippen molar-refractivity contribution < 1.29 is 14.3 Å². The van der Waals surface area contributed by atoms with Crippen LogP contribution in [0.4, 0.5) is 0 Å². The molecule has 116 valence electrons. The standard InChI is InChI=1S/C19H16O3S/c1-23-15-9-7-14(8-10-15)17-16(13-5-3-2-4-6-13)18(20)19(17)21-11-12-22-19/h2-10H,11-12H2,1H3. The van der Waals surface area contributed by atoms with Crippen LogP contribution >= 0.6 is 11.8 Å². The Labute approximate surface area is 139 Å². The average molecular weight is 324 g/mol. The molecule has 1 spiro atoms. The average Bonchev–Trinajstić information content (AvgIpc) is 3.12. The molecule has 0 bridgehead atoms.